The Bertz CT molecular complexity index is 817. The minimum atomic E-state index is -0.541. The quantitative estimate of drug-likeness (QED) is 0.392. The van der Waals surface area contributed by atoms with Gasteiger partial charge in [-0.1, -0.05) is 62.2 Å². The van der Waals surface area contributed by atoms with Gasteiger partial charge in [0.2, 0.25) is 0 Å². The summed E-state index contributed by atoms with van der Waals surface area (Å²) >= 11 is 13.5. The average molecular weight is 429 g/mol. The van der Waals surface area contributed by atoms with Gasteiger partial charge in [0.05, 0.1) is 5.38 Å². The Morgan fingerprint density at radius 2 is 1.57 bits per heavy atom. The maximum absolute atomic E-state index is 14.1. The van der Waals surface area contributed by atoms with Crippen LogP contribution in [-0.2, 0) is 0 Å². The van der Waals surface area contributed by atoms with Gasteiger partial charge < -0.3 is 0 Å². The van der Waals surface area contributed by atoms with E-state index in [0.717, 1.165) is 25.3 Å². The fraction of sp³-hybridized carbons (Fsp3) is 0.0588. The standard InChI is InChI=1S/C17H10Br2ClF/c18-10-5-8-16(21)14(9-10)17(20)13-6-7-15(19)12-4-2-1-3-11(12)13/h1-9,17H. The molecule has 0 saturated carbocycles. The average Bonchev–Trinajstić information content (AvgIpc) is 2.50. The maximum atomic E-state index is 14.1. The fourth-order valence-electron chi connectivity index (χ4n) is 2.38. The van der Waals surface area contributed by atoms with Crippen LogP contribution in [0.3, 0.4) is 0 Å². The molecule has 3 aromatic rings. The van der Waals surface area contributed by atoms with Crippen LogP contribution in [0.5, 0.6) is 0 Å². The van der Waals surface area contributed by atoms with Gasteiger partial charge in [0.15, 0.2) is 0 Å². The van der Waals surface area contributed by atoms with E-state index in [9.17, 15) is 4.39 Å². The molecule has 0 nitrogen and oxygen atoms in total. The summed E-state index contributed by atoms with van der Waals surface area (Å²) in [6.07, 6.45) is 0. The lowest BCUT2D eigenvalue weighted by molar-refractivity contribution is 0.612. The second-order valence-corrected chi connectivity index (χ2v) is 6.92. The molecule has 1 unspecified atom stereocenters. The number of hydrogen-bond donors (Lipinski definition) is 0. The van der Waals surface area contributed by atoms with Crippen LogP contribution in [0.4, 0.5) is 4.39 Å². The second-order valence-electron chi connectivity index (χ2n) is 4.71. The maximum Gasteiger partial charge on any atom is 0.128 e. The summed E-state index contributed by atoms with van der Waals surface area (Å²) in [6, 6.07) is 16.7. The Balaban J connectivity index is 2.20. The van der Waals surface area contributed by atoms with E-state index in [4.69, 9.17) is 11.6 Å². The first-order chi connectivity index (χ1) is 10.1. The zero-order valence-corrected chi connectivity index (χ0v) is 14.7. The van der Waals surface area contributed by atoms with Crippen molar-refractivity contribution in [3.05, 3.63) is 80.5 Å². The van der Waals surface area contributed by atoms with Crippen LogP contribution in [0.1, 0.15) is 16.5 Å². The summed E-state index contributed by atoms with van der Waals surface area (Å²) in [6.45, 7) is 0. The molecule has 0 bridgehead atoms. The van der Waals surface area contributed by atoms with E-state index in [1.165, 1.54) is 6.07 Å². The molecule has 0 spiro atoms. The lowest BCUT2D eigenvalue weighted by Crippen LogP contribution is -1.98. The van der Waals surface area contributed by atoms with Crippen molar-refractivity contribution in [3.8, 4) is 0 Å². The van der Waals surface area contributed by atoms with Gasteiger partial charge in [-0.15, -0.1) is 11.6 Å². The molecule has 0 N–H and O–H groups in total. The van der Waals surface area contributed by atoms with Crippen LogP contribution in [-0.4, -0.2) is 0 Å². The summed E-state index contributed by atoms with van der Waals surface area (Å²) in [4.78, 5) is 0. The Morgan fingerprint density at radius 1 is 0.857 bits per heavy atom. The van der Waals surface area contributed by atoms with Crippen molar-refractivity contribution in [1.29, 1.82) is 0 Å². The van der Waals surface area contributed by atoms with E-state index in [-0.39, 0.29) is 5.82 Å². The van der Waals surface area contributed by atoms with Crippen LogP contribution in [0.2, 0.25) is 0 Å². The number of hydrogen-bond acceptors (Lipinski definition) is 0. The third-order valence-corrected chi connectivity index (χ3v) is 5.06. The highest BCUT2D eigenvalue weighted by Crippen LogP contribution is 2.38. The molecule has 0 fully saturated rings. The van der Waals surface area contributed by atoms with E-state index in [1.807, 2.05) is 36.4 Å². The Morgan fingerprint density at radius 3 is 2.33 bits per heavy atom. The van der Waals surface area contributed by atoms with Gasteiger partial charge in [0.1, 0.15) is 5.82 Å². The van der Waals surface area contributed by atoms with E-state index in [2.05, 4.69) is 31.9 Å². The van der Waals surface area contributed by atoms with Gasteiger partial charge in [0, 0.05) is 14.5 Å². The van der Waals surface area contributed by atoms with E-state index < -0.39 is 5.38 Å². The molecule has 0 radical (unpaired) electrons. The van der Waals surface area contributed by atoms with Crippen LogP contribution in [0.15, 0.2) is 63.5 Å². The molecule has 21 heavy (non-hydrogen) atoms. The second kappa shape index (κ2) is 6.07. The van der Waals surface area contributed by atoms with Crippen molar-refractivity contribution in [2.24, 2.45) is 0 Å². The van der Waals surface area contributed by atoms with Gasteiger partial charge >= 0.3 is 0 Å². The van der Waals surface area contributed by atoms with E-state index >= 15 is 0 Å². The van der Waals surface area contributed by atoms with Crippen molar-refractivity contribution in [1.82, 2.24) is 0 Å². The zero-order valence-electron chi connectivity index (χ0n) is 10.8. The predicted molar refractivity (Wildman–Crippen MR) is 93.4 cm³/mol. The van der Waals surface area contributed by atoms with Crippen LogP contribution in [0.25, 0.3) is 10.8 Å². The van der Waals surface area contributed by atoms with Crippen molar-refractivity contribution in [3.63, 3.8) is 0 Å². The molecular formula is C17H10Br2ClF. The summed E-state index contributed by atoms with van der Waals surface area (Å²) in [5, 5.41) is 1.54. The van der Waals surface area contributed by atoms with Gasteiger partial charge in [-0.2, -0.15) is 0 Å². The first kappa shape index (κ1) is 15.0. The smallest absolute Gasteiger partial charge is 0.128 e. The minimum absolute atomic E-state index is 0.301. The summed E-state index contributed by atoms with van der Waals surface area (Å²) in [5.41, 5.74) is 1.37. The monoisotopic (exact) mass is 426 g/mol. The van der Waals surface area contributed by atoms with E-state index in [1.54, 1.807) is 12.1 Å². The SMILES string of the molecule is Fc1ccc(Br)cc1C(Cl)c1ccc(Br)c2ccccc12. The van der Waals surface area contributed by atoms with Crippen molar-refractivity contribution >= 4 is 54.2 Å². The third kappa shape index (κ3) is 2.87. The fourth-order valence-corrected chi connectivity index (χ4v) is 3.60. The highest BCUT2D eigenvalue weighted by molar-refractivity contribution is 9.11. The normalized spacial score (nSPS) is 12.6. The number of fused-ring (bicyclic) bond motifs is 1. The molecule has 3 aromatic carbocycles. The van der Waals surface area contributed by atoms with E-state index in [0.29, 0.717) is 5.56 Å². The number of halogens is 4. The Labute approximate surface area is 144 Å². The molecule has 0 saturated heterocycles. The molecule has 106 valence electrons. The molecule has 4 heteroatoms. The first-order valence-electron chi connectivity index (χ1n) is 6.34. The molecule has 0 amide bonds. The molecule has 1 atom stereocenters. The predicted octanol–water partition coefficient (Wildman–Crippen LogP) is 6.83. The minimum Gasteiger partial charge on any atom is -0.207 e. The lowest BCUT2D eigenvalue weighted by Gasteiger charge is -2.15. The third-order valence-electron chi connectivity index (χ3n) is 3.41. The van der Waals surface area contributed by atoms with Crippen LogP contribution in [0, 0.1) is 5.82 Å². The molecule has 0 heterocycles. The molecular weight excluding hydrogens is 418 g/mol. The van der Waals surface area contributed by atoms with Gasteiger partial charge in [-0.05, 0) is 40.6 Å². The number of benzene rings is 3. The zero-order chi connectivity index (χ0) is 15.0. The highest BCUT2D eigenvalue weighted by Gasteiger charge is 2.18. The van der Waals surface area contributed by atoms with Crippen molar-refractivity contribution < 1.29 is 4.39 Å². The topological polar surface area (TPSA) is 0 Å². The number of alkyl halides is 1. The number of rotatable bonds is 2. The highest BCUT2D eigenvalue weighted by atomic mass is 79.9. The van der Waals surface area contributed by atoms with Crippen LogP contribution < -0.4 is 0 Å². The Kier molecular flexibility index (Phi) is 4.34. The molecule has 0 aliphatic carbocycles. The molecule has 0 aromatic heterocycles. The summed E-state index contributed by atoms with van der Waals surface area (Å²) in [7, 11) is 0. The summed E-state index contributed by atoms with van der Waals surface area (Å²) in [5.74, 6) is -0.301. The van der Waals surface area contributed by atoms with Gasteiger partial charge in [-0.3, -0.25) is 0 Å². The first-order valence-corrected chi connectivity index (χ1v) is 8.36. The van der Waals surface area contributed by atoms with Crippen LogP contribution >= 0.6 is 43.5 Å². The van der Waals surface area contributed by atoms with Gasteiger partial charge in [-0.25, -0.2) is 4.39 Å². The molecule has 0 aliphatic heterocycles. The summed E-state index contributed by atoms with van der Waals surface area (Å²) < 4.78 is 15.9. The molecule has 0 aliphatic rings. The van der Waals surface area contributed by atoms with Crippen molar-refractivity contribution in [2.75, 3.05) is 0 Å². The van der Waals surface area contributed by atoms with Gasteiger partial charge in [0.25, 0.3) is 0 Å². The molecule has 3 rings (SSSR count). The Hall–Kier alpha value is -0.900. The largest absolute Gasteiger partial charge is 0.207 e. The van der Waals surface area contributed by atoms with Crippen molar-refractivity contribution in [2.45, 2.75) is 5.38 Å². The lowest BCUT2D eigenvalue weighted by atomic mass is 9.98.